The van der Waals surface area contributed by atoms with Crippen molar-refractivity contribution in [2.24, 2.45) is 0 Å². The normalized spacial score (nSPS) is 10.1. The van der Waals surface area contributed by atoms with E-state index in [1.54, 1.807) is 7.11 Å². The average molecular weight is 222 g/mol. The third-order valence-corrected chi connectivity index (χ3v) is 2.20. The summed E-state index contributed by atoms with van der Waals surface area (Å²) in [6, 6.07) is 9.53. The highest BCUT2D eigenvalue weighted by Gasteiger charge is 2.02. The van der Waals surface area contributed by atoms with Crippen LogP contribution in [0.5, 0.6) is 5.75 Å². The van der Waals surface area contributed by atoms with E-state index >= 15 is 0 Å². The summed E-state index contributed by atoms with van der Waals surface area (Å²) < 4.78 is 10.3. The van der Waals surface area contributed by atoms with E-state index in [-0.39, 0.29) is 5.78 Å². The zero-order valence-corrected chi connectivity index (χ0v) is 9.65. The zero-order chi connectivity index (χ0) is 11.6. The van der Waals surface area contributed by atoms with E-state index in [0.717, 1.165) is 12.2 Å². The molecule has 0 aliphatic heterocycles. The third kappa shape index (κ3) is 5.51. The summed E-state index contributed by atoms with van der Waals surface area (Å²) >= 11 is 0. The Balaban J connectivity index is 2.09. The first-order valence-corrected chi connectivity index (χ1v) is 5.51. The number of ether oxygens (including phenoxy) is 2. The van der Waals surface area contributed by atoms with Crippen molar-refractivity contribution >= 4 is 5.78 Å². The zero-order valence-electron chi connectivity index (χ0n) is 9.65. The molecule has 0 spiro atoms. The molecule has 16 heavy (non-hydrogen) atoms. The van der Waals surface area contributed by atoms with Gasteiger partial charge >= 0.3 is 0 Å². The van der Waals surface area contributed by atoms with E-state index in [9.17, 15) is 4.79 Å². The van der Waals surface area contributed by atoms with Gasteiger partial charge in [-0.05, 0) is 18.6 Å². The van der Waals surface area contributed by atoms with E-state index in [0.29, 0.717) is 26.1 Å². The smallest absolute Gasteiger partial charge is 0.136 e. The minimum Gasteiger partial charge on any atom is -0.493 e. The lowest BCUT2D eigenvalue weighted by atomic mass is 10.2. The van der Waals surface area contributed by atoms with E-state index < -0.39 is 0 Å². The number of para-hydroxylation sites is 1. The highest BCUT2D eigenvalue weighted by Crippen LogP contribution is 2.08. The van der Waals surface area contributed by atoms with Crippen molar-refractivity contribution in [3.05, 3.63) is 30.3 Å². The molecule has 1 aromatic carbocycles. The Hall–Kier alpha value is -1.35. The fraction of sp³-hybridized carbons (Fsp3) is 0.462. The SMILES string of the molecule is COCCCC(=O)CCOc1ccccc1. The molecule has 0 aliphatic carbocycles. The van der Waals surface area contributed by atoms with Crippen LogP contribution in [0, 0.1) is 0 Å². The van der Waals surface area contributed by atoms with Gasteiger partial charge in [-0.3, -0.25) is 4.79 Å². The molecule has 3 nitrogen and oxygen atoms in total. The second-order valence-electron chi connectivity index (χ2n) is 3.55. The molecule has 0 radical (unpaired) electrons. The monoisotopic (exact) mass is 222 g/mol. The first-order chi connectivity index (χ1) is 7.83. The van der Waals surface area contributed by atoms with Crippen LogP contribution >= 0.6 is 0 Å². The van der Waals surface area contributed by atoms with E-state index in [4.69, 9.17) is 9.47 Å². The van der Waals surface area contributed by atoms with Gasteiger partial charge in [0, 0.05) is 26.6 Å². The molecule has 0 heterocycles. The van der Waals surface area contributed by atoms with Crippen LogP contribution in [0.3, 0.4) is 0 Å². The standard InChI is InChI=1S/C13H18O3/c1-15-10-5-6-12(14)9-11-16-13-7-3-2-4-8-13/h2-4,7-8H,5-6,9-11H2,1H3. The summed E-state index contributed by atoms with van der Waals surface area (Å²) in [7, 11) is 1.64. The van der Waals surface area contributed by atoms with Crippen LogP contribution in [0.15, 0.2) is 30.3 Å². The largest absolute Gasteiger partial charge is 0.493 e. The number of hydrogen-bond donors (Lipinski definition) is 0. The number of carbonyl (C=O) groups excluding carboxylic acids is 1. The van der Waals surface area contributed by atoms with Gasteiger partial charge in [-0.25, -0.2) is 0 Å². The quantitative estimate of drug-likeness (QED) is 0.634. The average Bonchev–Trinajstić information content (AvgIpc) is 2.31. The Bertz CT molecular complexity index is 295. The maximum Gasteiger partial charge on any atom is 0.136 e. The molecule has 0 N–H and O–H groups in total. The summed E-state index contributed by atoms with van der Waals surface area (Å²) in [6.07, 6.45) is 1.84. The van der Waals surface area contributed by atoms with Crippen LogP contribution < -0.4 is 4.74 Å². The van der Waals surface area contributed by atoms with E-state index in [2.05, 4.69) is 0 Å². The van der Waals surface area contributed by atoms with Gasteiger partial charge in [0.1, 0.15) is 11.5 Å². The van der Waals surface area contributed by atoms with Gasteiger partial charge in [-0.1, -0.05) is 18.2 Å². The minimum absolute atomic E-state index is 0.230. The lowest BCUT2D eigenvalue weighted by molar-refractivity contribution is -0.119. The molecule has 0 aromatic heterocycles. The Morgan fingerprint density at radius 1 is 1.12 bits per heavy atom. The Morgan fingerprint density at radius 2 is 1.88 bits per heavy atom. The predicted molar refractivity (Wildman–Crippen MR) is 62.7 cm³/mol. The topological polar surface area (TPSA) is 35.5 Å². The molecule has 0 fully saturated rings. The van der Waals surface area contributed by atoms with Crippen LogP contribution in [0.4, 0.5) is 0 Å². The molecule has 88 valence electrons. The highest BCUT2D eigenvalue weighted by molar-refractivity contribution is 5.78. The summed E-state index contributed by atoms with van der Waals surface area (Å²) in [4.78, 5) is 11.4. The van der Waals surface area contributed by atoms with Crippen molar-refractivity contribution < 1.29 is 14.3 Å². The van der Waals surface area contributed by atoms with Gasteiger partial charge in [0.25, 0.3) is 0 Å². The van der Waals surface area contributed by atoms with Gasteiger partial charge in [0.2, 0.25) is 0 Å². The maximum atomic E-state index is 11.4. The Labute approximate surface area is 96.4 Å². The molecule has 0 atom stereocenters. The van der Waals surface area contributed by atoms with Crippen LogP contribution in [0.1, 0.15) is 19.3 Å². The van der Waals surface area contributed by atoms with Crippen molar-refractivity contribution in [2.45, 2.75) is 19.3 Å². The van der Waals surface area contributed by atoms with Gasteiger partial charge in [-0.2, -0.15) is 0 Å². The molecule has 0 amide bonds. The number of methoxy groups -OCH3 is 1. The van der Waals surface area contributed by atoms with Gasteiger partial charge in [0.15, 0.2) is 0 Å². The number of hydrogen-bond acceptors (Lipinski definition) is 3. The molecule has 0 saturated carbocycles. The Kier molecular flexibility index (Phi) is 6.26. The predicted octanol–water partition coefficient (Wildman–Crippen LogP) is 2.45. The van der Waals surface area contributed by atoms with E-state index in [1.165, 1.54) is 0 Å². The summed E-state index contributed by atoms with van der Waals surface area (Å²) in [6.45, 7) is 1.10. The van der Waals surface area contributed by atoms with Crippen LogP contribution in [-0.2, 0) is 9.53 Å². The molecule has 0 aliphatic rings. The van der Waals surface area contributed by atoms with Gasteiger partial charge < -0.3 is 9.47 Å². The number of ketones is 1. The van der Waals surface area contributed by atoms with Crippen LogP contribution in [0.2, 0.25) is 0 Å². The molecule has 0 unspecified atom stereocenters. The number of Topliss-reactive ketones (excluding diaryl/α,β-unsaturated/α-hetero) is 1. The van der Waals surface area contributed by atoms with E-state index in [1.807, 2.05) is 30.3 Å². The van der Waals surface area contributed by atoms with Crippen molar-refractivity contribution in [1.29, 1.82) is 0 Å². The molecule has 3 heteroatoms. The first kappa shape index (κ1) is 12.7. The molecular formula is C13H18O3. The highest BCUT2D eigenvalue weighted by atomic mass is 16.5. The maximum absolute atomic E-state index is 11.4. The third-order valence-electron chi connectivity index (χ3n) is 2.20. The number of benzene rings is 1. The molecular weight excluding hydrogens is 204 g/mol. The molecule has 0 bridgehead atoms. The van der Waals surface area contributed by atoms with Crippen molar-refractivity contribution in [3.63, 3.8) is 0 Å². The fourth-order valence-electron chi connectivity index (χ4n) is 1.34. The summed E-state index contributed by atoms with van der Waals surface area (Å²) in [5, 5.41) is 0. The number of rotatable bonds is 8. The van der Waals surface area contributed by atoms with Crippen LogP contribution in [-0.4, -0.2) is 26.1 Å². The second kappa shape index (κ2) is 7.88. The second-order valence-corrected chi connectivity index (χ2v) is 3.55. The lowest BCUT2D eigenvalue weighted by Gasteiger charge is -2.05. The minimum atomic E-state index is 0.230. The summed E-state index contributed by atoms with van der Waals surface area (Å²) in [5.41, 5.74) is 0. The molecule has 1 rings (SSSR count). The molecule has 0 saturated heterocycles. The van der Waals surface area contributed by atoms with Crippen molar-refractivity contribution in [1.82, 2.24) is 0 Å². The van der Waals surface area contributed by atoms with Crippen molar-refractivity contribution in [2.75, 3.05) is 20.3 Å². The van der Waals surface area contributed by atoms with Crippen molar-refractivity contribution in [3.8, 4) is 5.75 Å². The fourth-order valence-corrected chi connectivity index (χ4v) is 1.34. The first-order valence-electron chi connectivity index (χ1n) is 5.51. The number of carbonyl (C=O) groups is 1. The lowest BCUT2D eigenvalue weighted by Crippen LogP contribution is -2.07. The van der Waals surface area contributed by atoms with Crippen LogP contribution in [0.25, 0.3) is 0 Å². The summed E-state index contributed by atoms with van der Waals surface area (Å²) in [5.74, 6) is 1.04. The Morgan fingerprint density at radius 3 is 2.56 bits per heavy atom. The van der Waals surface area contributed by atoms with Gasteiger partial charge in [-0.15, -0.1) is 0 Å². The van der Waals surface area contributed by atoms with Gasteiger partial charge in [0.05, 0.1) is 6.61 Å². The molecule has 1 aromatic rings.